The number of benzene rings is 1. The van der Waals surface area contributed by atoms with Gasteiger partial charge in [-0.25, -0.2) is 0 Å². The molecule has 0 aliphatic carbocycles. The molecule has 2 aromatic rings. The Balaban J connectivity index is 1.85. The Morgan fingerprint density at radius 1 is 1.42 bits per heavy atom. The van der Waals surface area contributed by atoms with Gasteiger partial charge in [-0.15, -0.1) is 11.8 Å². The predicted octanol–water partition coefficient (Wildman–Crippen LogP) is 4.19. The van der Waals surface area contributed by atoms with Crippen molar-refractivity contribution in [2.75, 3.05) is 5.32 Å². The van der Waals surface area contributed by atoms with Gasteiger partial charge >= 0.3 is 0 Å². The van der Waals surface area contributed by atoms with Crippen molar-refractivity contribution >= 4 is 35.0 Å². The number of nitrogens with one attached hydrogen (secondary N) is 1. The molecular weight excluding hydrogens is 282 g/mol. The van der Waals surface area contributed by atoms with Gasteiger partial charge in [0.25, 0.3) is 0 Å². The number of halogens is 1. The third-order valence-electron chi connectivity index (χ3n) is 2.52. The molecule has 0 aliphatic rings. The highest BCUT2D eigenvalue weighted by Crippen LogP contribution is 2.20. The van der Waals surface area contributed by atoms with Crippen LogP contribution in [0.25, 0.3) is 0 Å². The number of carbonyl (C=O) groups is 1. The van der Waals surface area contributed by atoms with Crippen molar-refractivity contribution in [1.29, 1.82) is 0 Å². The minimum Gasteiger partial charge on any atom is -0.468 e. The Morgan fingerprint density at radius 3 is 2.95 bits per heavy atom. The topological polar surface area (TPSA) is 42.2 Å². The van der Waals surface area contributed by atoms with Gasteiger partial charge in [0, 0.05) is 10.7 Å². The molecule has 0 saturated carbocycles. The van der Waals surface area contributed by atoms with Crippen LogP contribution in [-0.2, 0) is 10.5 Å². The van der Waals surface area contributed by atoms with E-state index in [2.05, 4.69) is 5.32 Å². The molecular formula is C14H14ClNO2S. The molecule has 0 fully saturated rings. The Morgan fingerprint density at radius 2 is 2.26 bits per heavy atom. The maximum absolute atomic E-state index is 12.0. The van der Waals surface area contributed by atoms with Crippen molar-refractivity contribution < 1.29 is 9.21 Å². The zero-order valence-electron chi connectivity index (χ0n) is 10.4. The Labute approximate surface area is 121 Å². The number of amides is 1. The summed E-state index contributed by atoms with van der Waals surface area (Å²) in [5, 5.41) is 3.28. The summed E-state index contributed by atoms with van der Waals surface area (Å²) in [4.78, 5) is 12.0. The molecule has 3 nitrogen and oxygen atoms in total. The van der Waals surface area contributed by atoms with Gasteiger partial charge in [0.05, 0.1) is 17.3 Å². The molecule has 0 aliphatic heterocycles. The molecule has 5 heteroatoms. The highest BCUT2D eigenvalue weighted by Gasteiger charge is 2.14. The molecule has 2 rings (SSSR count). The van der Waals surface area contributed by atoms with E-state index in [0.29, 0.717) is 16.5 Å². The molecule has 0 bridgehead atoms. The summed E-state index contributed by atoms with van der Waals surface area (Å²) in [6.45, 7) is 1.87. The van der Waals surface area contributed by atoms with Gasteiger partial charge in [-0.1, -0.05) is 17.7 Å². The molecule has 1 N–H and O–H groups in total. The average molecular weight is 296 g/mol. The Bertz CT molecular complexity index is 542. The molecule has 1 amide bonds. The molecule has 0 radical (unpaired) electrons. The molecule has 0 unspecified atom stereocenters. The molecule has 0 spiro atoms. The maximum Gasteiger partial charge on any atom is 0.237 e. The normalized spacial score (nSPS) is 12.1. The Kier molecular flexibility index (Phi) is 4.93. The summed E-state index contributed by atoms with van der Waals surface area (Å²) < 4.78 is 5.23. The summed E-state index contributed by atoms with van der Waals surface area (Å²) >= 11 is 7.39. The van der Waals surface area contributed by atoms with Crippen molar-refractivity contribution in [3.8, 4) is 0 Å². The van der Waals surface area contributed by atoms with Crippen molar-refractivity contribution in [2.24, 2.45) is 0 Å². The van der Waals surface area contributed by atoms with Crippen LogP contribution in [0.5, 0.6) is 0 Å². The average Bonchev–Trinajstić information content (AvgIpc) is 2.89. The zero-order valence-corrected chi connectivity index (χ0v) is 12.0. The molecule has 1 heterocycles. The number of anilines is 1. The quantitative estimate of drug-likeness (QED) is 0.899. The number of furan rings is 1. The first-order valence-corrected chi connectivity index (χ1v) is 7.28. The summed E-state index contributed by atoms with van der Waals surface area (Å²) in [5.41, 5.74) is 0.711. The van der Waals surface area contributed by atoms with Gasteiger partial charge < -0.3 is 9.73 Å². The van der Waals surface area contributed by atoms with E-state index in [0.717, 1.165) is 5.76 Å². The van der Waals surface area contributed by atoms with Crippen LogP contribution in [0.1, 0.15) is 12.7 Å². The van der Waals surface area contributed by atoms with Gasteiger partial charge in [-0.3, -0.25) is 4.79 Å². The second-order valence-electron chi connectivity index (χ2n) is 4.03. The molecule has 1 atom stereocenters. The lowest BCUT2D eigenvalue weighted by atomic mass is 10.3. The van der Waals surface area contributed by atoms with Crippen LogP contribution in [0.3, 0.4) is 0 Å². The number of rotatable bonds is 5. The lowest BCUT2D eigenvalue weighted by molar-refractivity contribution is -0.115. The smallest absolute Gasteiger partial charge is 0.237 e. The minimum atomic E-state index is -0.163. The monoisotopic (exact) mass is 295 g/mol. The fraction of sp³-hybridized carbons (Fsp3) is 0.214. The summed E-state index contributed by atoms with van der Waals surface area (Å²) in [6, 6.07) is 10.9. The van der Waals surface area contributed by atoms with E-state index in [9.17, 15) is 4.79 Å². The zero-order chi connectivity index (χ0) is 13.7. The Hall–Kier alpha value is -1.39. The second-order valence-corrected chi connectivity index (χ2v) is 5.80. The van der Waals surface area contributed by atoms with Crippen molar-refractivity contribution in [3.63, 3.8) is 0 Å². The van der Waals surface area contributed by atoms with Crippen LogP contribution in [0, 0.1) is 0 Å². The fourth-order valence-corrected chi connectivity index (χ4v) is 2.47. The van der Waals surface area contributed by atoms with E-state index in [4.69, 9.17) is 16.0 Å². The molecule has 1 aromatic carbocycles. The molecule has 1 aromatic heterocycles. The maximum atomic E-state index is 12.0. The van der Waals surface area contributed by atoms with Crippen LogP contribution >= 0.6 is 23.4 Å². The summed E-state index contributed by atoms with van der Waals surface area (Å²) in [7, 11) is 0. The predicted molar refractivity (Wildman–Crippen MR) is 79.5 cm³/mol. The standard InChI is InChI=1S/C14H14ClNO2S/c1-10(19-9-13-6-3-7-18-13)14(17)16-12-5-2-4-11(15)8-12/h2-8,10H,9H2,1H3,(H,16,17)/t10-/m1/s1. The van der Waals surface area contributed by atoms with Gasteiger partial charge in [0.2, 0.25) is 5.91 Å². The number of thioether (sulfide) groups is 1. The van der Waals surface area contributed by atoms with Crippen LogP contribution in [0.15, 0.2) is 47.1 Å². The van der Waals surface area contributed by atoms with E-state index in [1.54, 1.807) is 24.5 Å². The summed E-state index contributed by atoms with van der Waals surface area (Å²) in [6.07, 6.45) is 1.63. The first-order valence-electron chi connectivity index (χ1n) is 5.85. The molecule has 19 heavy (non-hydrogen) atoms. The third-order valence-corrected chi connectivity index (χ3v) is 3.92. The van der Waals surface area contributed by atoms with E-state index >= 15 is 0 Å². The molecule has 100 valence electrons. The largest absolute Gasteiger partial charge is 0.468 e. The second kappa shape index (κ2) is 6.68. The van der Waals surface area contributed by atoms with Gasteiger partial charge in [-0.2, -0.15) is 0 Å². The van der Waals surface area contributed by atoms with Gasteiger partial charge in [0.1, 0.15) is 5.76 Å². The fourth-order valence-electron chi connectivity index (χ4n) is 1.49. The van der Waals surface area contributed by atoms with Crippen molar-refractivity contribution in [1.82, 2.24) is 0 Å². The van der Waals surface area contributed by atoms with Gasteiger partial charge in [-0.05, 0) is 37.3 Å². The lowest BCUT2D eigenvalue weighted by Crippen LogP contribution is -2.22. The van der Waals surface area contributed by atoms with E-state index < -0.39 is 0 Å². The summed E-state index contributed by atoms with van der Waals surface area (Å²) in [5.74, 6) is 1.50. The molecule has 0 saturated heterocycles. The third kappa shape index (κ3) is 4.33. The van der Waals surface area contributed by atoms with Gasteiger partial charge in [0.15, 0.2) is 0 Å². The highest BCUT2D eigenvalue weighted by atomic mass is 35.5. The van der Waals surface area contributed by atoms with E-state index in [1.165, 1.54) is 11.8 Å². The van der Waals surface area contributed by atoms with E-state index in [1.807, 2.05) is 25.1 Å². The number of hydrogen-bond acceptors (Lipinski definition) is 3. The SMILES string of the molecule is C[C@@H](SCc1ccco1)C(=O)Nc1cccc(Cl)c1. The number of carbonyl (C=O) groups excluding carboxylic acids is 1. The van der Waals surface area contributed by atoms with Crippen LogP contribution < -0.4 is 5.32 Å². The van der Waals surface area contributed by atoms with Crippen LogP contribution in [0.2, 0.25) is 5.02 Å². The first-order chi connectivity index (χ1) is 9.15. The lowest BCUT2D eigenvalue weighted by Gasteiger charge is -2.11. The van der Waals surface area contributed by atoms with Crippen LogP contribution in [-0.4, -0.2) is 11.2 Å². The van der Waals surface area contributed by atoms with Crippen LogP contribution in [0.4, 0.5) is 5.69 Å². The highest BCUT2D eigenvalue weighted by molar-refractivity contribution is 7.99. The van der Waals surface area contributed by atoms with Crippen molar-refractivity contribution in [2.45, 2.75) is 17.9 Å². The number of hydrogen-bond donors (Lipinski definition) is 1. The van der Waals surface area contributed by atoms with Crippen molar-refractivity contribution in [3.05, 3.63) is 53.4 Å². The first kappa shape index (κ1) is 14.0. The minimum absolute atomic E-state index is 0.0428. The van der Waals surface area contributed by atoms with E-state index in [-0.39, 0.29) is 11.2 Å².